The molecule has 78 valence electrons. The third kappa shape index (κ3) is 4.36. The van der Waals surface area contributed by atoms with Gasteiger partial charge < -0.3 is 5.11 Å². The number of aliphatic hydroxyl groups is 1. The average Bonchev–Trinajstić information content (AvgIpc) is 2.21. The number of aliphatic hydroxyl groups excluding tert-OH is 1. The van der Waals surface area contributed by atoms with E-state index in [2.05, 4.69) is 0 Å². The van der Waals surface area contributed by atoms with Crippen molar-refractivity contribution in [1.29, 1.82) is 0 Å². The zero-order chi connectivity index (χ0) is 10.4. The fourth-order valence-corrected chi connectivity index (χ4v) is 2.19. The van der Waals surface area contributed by atoms with Crippen molar-refractivity contribution in [3.05, 3.63) is 34.9 Å². The standard InChI is InChI=1S/C11H15ClOS/c1-2-11(13)8-14-7-9-3-5-10(12)6-4-9/h3-6,11,13H,2,7-8H2,1H3. The summed E-state index contributed by atoms with van der Waals surface area (Å²) in [5.74, 6) is 1.74. The Labute approximate surface area is 94.5 Å². The van der Waals surface area contributed by atoms with E-state index >= 15 is 0 Å². The highest BCUT2D eigenvalue weighted by Crippen LogP contribution is 2.16. The van der Waals surface area contributed by atoms with Gasteiger partial charge in [-0.1, -0.05) is 30.7 Å². The van der Waals surface area contributed by atoms with Crippen molar-refractivity contribution in [2.75, 3.05) is 5.75 Å². The summed E-state index contributed by atoms with van der Waals surface area (Å²) in [6.45, 7) is 1.99. The van der Waals surface area contributed by atoms with Crippen molar-refractivity contribution in [3.63, 3.8) is 0 Å². The van der Waals surface area contributed by atoms with E-state index in [1.54, 1.807) is 11.8 Å². The van der Waals surface area contributed by atoms with Crippen molar-refractivity contribution in [1.82, 2.24) is 0 Å². The Morgan fingerprint density at radius 3 is 2.57 bits per heavy atom. The van der Waals surface area contributed by atoms with Gasteiger partial charge in [0.05, 0.1) is 6.10 Å². The maximum atomic E-state index is 9.34. The molecule has 0 saturated heterocycles. The van der Waals surface area contributed by atoms with E-state index in [0.717, 1.165) is 22.9 Å². The summed E-state index contributed by atoms with van der Waals surface area (Å²) in [5.41, 5.74) is 1.25. The molecule has 0 aliphatic rings. The zero-order valence-corrected chi connectivity index (χ0v) is 9.81. The third-order valence-electron chi connectivity index (χ3n) is 1.96. The molecule has 0 spiro atoms. The predicted molar refractivity (Wildman–Crippen MR) is 63.9 cm³/mol. The summed E-state index contributed by atoms with van der Waals surface area (Å²) in [6.07, 6.45) is 0.653. The molecule has 0 saturated carbocycles. The molecule has 0 amide bonds. The van der Waals surface area contributed by atoms with Crippen LogP contribution in [0.25, 0.3) is 0 Å². The van der Waals surface area contributed by atoms with E-state index in [0.29, 0.717) is 0 Å². The number of benzene rings is 1. The van der Waals surface area contributed by atoms with Crippen molar-refractivity contribution in [2.45, 2.75) is 25.2 Å². The van der Waals surface area contributed by atoms with Gasteiger partial charge in [-0.15, -0.1) is 0 Å². The van der Waals surface area contributed by atoms with Crippen LogP contribution in [0.4, 0.5) is 0 Å². The lowest BCUT2D eigenvalue weighted by atomic mass is 10.2. The highest BCUT2D eigenvalue weighted by molar-refractivity contribution is 7.98. The summed E-state index contributed by atoms with van der Waals surface area (Å²) in [6, 6.07) is 7.84. The Kier molecular flexibility index (Phi) is 5.38. The Bertz CT molecular complexity index is 260. The zero-order valence-electron chi connectivity index (χ0n) is 8.24. The van der Waals surface area contributed by atoms with Crippen molar-refractivity contribution in [3.8, 4) is 0 Å². The molecule has 0 fully saturated rings. The summed E-state index contributed by atoms with van der Waals surface area (Å²) >= 11 is 7.52. The molecule has 0 radical (unpaired) electrons. The first kappa shape index (κ1) is 11.9. The minimum atomic E-state index is -0.174. The minimum Gasteiger partial charge on any atom is -0.392 e. The monoisotopic (exact) mass is 230 g/mol. The highest BCUT2D eigenvalue weighted by Gasteiger charge is 2.00. The summed E-state index contributed by atoms with van der Waals surface area (Å²) in [7, 11) is 0. The molecule has 0 aromatic heterocycles. The van der Waals surface area contributed by atoms with Gasteiger partial charge in [-0.05, 0) is 24.1 Å². The highest BCUT2D eigenvalue weighted by atomic mass is 35.5. The lowest BCUT2D eigenvalue weighted by molar-refractivity contribution is 0.195. The van der Waals surface area contributed by atoms with Crippen LogP contribution in [-0.2, 0) is 5.75 Å². The predicted octanol–water partition coefficient (Wildman–Crippen LogP) is 3.34. The fraction of sp³-hybridized carbons (Fsp3) is 0.455. The molecule has 0 aliphatic heterocycles. The summed E-state index contributed by atoms with van der Waals surface area (Å²) < 4.78 is 0. The van der Waals surface area contributed by atoms with E-state index < -0.39 is 0 Å². The van der Waals surface area contributed by atoms with Gasteiger partial charge in [-0.25, -0.2) is 0 Å². The lowest BCUT2D eigenvalue weighted by Crippen LogP contribution is -2.07. The first-order valence-electron chi connectivity index (χ1n) is 4.72. The SMILES string of the molecule is CCC(O)CSCc1ccc(Cl)cc1. The van der Waals surface area contributed by atoms with Crippen molar-refractivity contribution < 1.29 is 5.11 Å². The molecular weight excluding hydrogens is 216 g/mol. The van der Waals surface area contributed by atoms with Crippen LogP contribution in [-0.4, -0.2) is 17.0 Å². The quantitative estimate of drug-likeness (QED) is 0.837. The Morgan fingerprint density at radius 2 is 2.00 bits per heavy atom. The van der Waals surface area contributed by atoms with Crippen molar-refractivity contribution in [2.24, 2.45) is 0 Å². The van der Waals surface area contributed by atoms with Gasteiger partial charge >= 0.3 is 0 Å². The molecule has 14 heavy (non-hydrogen) atoms. The fourth-order valence-electron chi connectivity index (χ4n) is 1.01. The average molecular weight is 231 g/mol. The maximum absolute atomic E-state index is 9.34. The second-order valence-corrected chi connectivity index (χ2v) is 4.67. The topological polar surface area (TPSA) is 20.2 Å². The Hall–Kier alpha value is -0.180. The van der Waals surface area contributed by atoms with Gasteiger partial charge in [-0.2, -0.15) is 11.8 Å². The van der Waals surface area contributed by atoms with Gasteiger partial charge in [0.15, 0.2) is 0 Å². The first-order chi connectivity index (χ1) is 6.72. The molecule has 1 atom stereocenters. The molecule has 1 N–H and O–H groups in total. The second kappa shape index (κ2) is 6.33. The number of hydrogen-bond acceptors (Lipinski definition) is 2. The van der Waals surface area contributed by atoms with Crippen LogP contribution < -0.4 is 0 Å². The molecule has 0 aliphatic carbocycles. The van der Waals surface area contributed by atoms with E-state index in [4.69, 9.17) is 11.6 Å². The van der Waals surface area contributed by atoms with Gasteiger partial charge in [0.25, 0.3) is 0 Å². The minimum absolute atomic E-state index is 0.174. The molecular formula is C11H15ClOS. The molecule has 1 unspecified atom stereocenters. The number of halogens is 1. The van der Waals surface area contributed by atoms with Crippen LogP contribution in [0.3, 0.4) is 0 Å². The first-order valence-corrected chi connectivity index (χ1v) is 6.26. The van der Waals surface area contributed by atoms with Crippen LogP contribution >= 0.6 is 23.4 Å². The largest absolute Gasteiger partial charge is 0.392 e. The number of thioether (sulfide) groups is 1. The van der Waals surface area contributed by atoms with Gasteiger partial charge in [0.2, 0.25) is 0 Å². The Balaban J connectivity index is 2.28. The number of rotatable bonds is 5. The molecule has 0 bridgehead atoms. The van der Waals surface area contributed by atoms with Crippen LogP contribution in [0.15, 0.2) is 24.3 Å². The van der Waals surface area contributed by atoms with E-state index in [1.807, 2.05) is 31.2 Å². The molecule has 3 heteroatoms. The molecule has 1 nitrogen and oxygen atoms in total. The lowest BCUT2D eigenvalue weighted by Gasteiger charge is -2.06. The van der Waals surface area contributed by atoms with Crippen molar-refractivity contribution >= 4 is 23.4 Å². The second-order valence-electron chi connectivity index (χ2n) is 3.20. The summed E-state index contributed by atoms with van der Waals surface area (Å²) in [5, 5.41) is 10.1. The van der Waals surface area contributed by atoms with Crippen LogP contribution in [0.2, 0.25) is 5.02 Å². The van der Waals surface area contributed by atoms with E-state index in [1.165, 1.54) is 5.56 Å². The van der Waals surface area contributed by atoms with E-state index in [9.17, 15) is 5.11 Å². The maximum Gasteiger partial charge on any atom is 0.0628 e. The van der Waals surface area contributed by atoms with Crippen LogP contribution in [0, 0.1) is 0 Å². The normalized spacial score (nSPS) is 12.8. The third-order valence-corrected chi connectivity index (χ3v) is 3.37. The van der Waals surface area contributed by atoms with Crippen LogP contribution in [0.5, 0.6) is 0 Å². The van der Waals surface area contributed by atoms with Gasteiger partial charge in [0, 0.05) is 16.5 Å². The van der Waals surface area contributed by atoms with Gasteiger partial charge in [0.1, 0.15) is 0 Å². The van der Waals surface area contributed by atoms with Gasteiger partial charge in [-0.3, -0.25) is 0 Å². The molecule has 1 aromatic carbocycles. The van der Waals surface area contributed by atoms with Crippen LogP contribution in [0.1, 0.15) is 18.9 Å². The summed E-state index contributed by atoms with van der Waals surface area (Å²) in [4.78, 5) is 0. The number of hydrogen-bond donors (Lipinski definition) is 1. The molecule has 0 heterocycles. The Morgan fingerprint density at radius 1 is 1.36 bits per heavy atom. The molecule has 1 aromatic rings. The van der Waals surface area contributed by atoms with E-state index in [-0.39, 0.29) is 6.10 Å². The smallest absolute Gasteiger partial charge is 0.0628 e. The molecule has 1 rings (SSSR count).